The van der Waals surface area contributed by atoms with Crippen LogP contribution in [0.5, 0.6) is 0 Å². The minimum Gasteiger partial charge on any atom is -0.468 e. The maximum atomic E-state index is 5.29. The molecule has 1 heterocycles. The molecule has 1 N–H and O–H groups in total. The van der Waals surface area contributed by atoms with Gasteiger partial charge in [-0.2, -0.15) is 0 Å². The predicted molar refractivity (Wildman–Crippen MR) is 57.0 cm³/mol. The highest BCUT2D eigenvalue weighted by Gasteiger charge is 2.11. The SMILES string of the molecule is c1coc(CNC2CCCCCC2)c1. The molecule has 0 amide bonds. The third kappa shape index (κ3) is 2.88. The van der Waals surface area contributed by atoms with Crippen LogP contribution in [0.25, 0.3) is 0 Å². The van der Waals surface area contributed by atoms with Crippen LogP contribution in [0.4, 0.5) is 0 Å². The van der Waals surface area contributed by atoms with Crippen LogP contribution in [0.2, 0.25) is 0 Å². The summed E-state index contributed by atoms with van der Waals surface area (Å²) in [5.41, 5.74) is 0. The molecular weight excluding hydrogens is 174 g/mol. The summed E-state index contributed by atoms with van der Waals surface area (Å²) in [7, 11) is 0. The van der Waals surface area contributed by atoms with E-state index in [2.05, 4.69) is 5.32 Å². The van der Waals surface area contributed by atoms with E-state index in [1.807, 2.05) is 12.1 Å². The van der Waals surface area contributed by atoms with Crippen molar-refractivity contribution in [2.24, 2.45) is 0 Å². The van der Waals surface area contributed by atoms with Gasteiger partial charge in [0, 0.05) is 6.04 Å². The van der Waals surface area contributed by atoms with Gasteiger partial charge in [0.1, 0.15) is 5.76 Å². The molecule has 1 aliphatic rings. The normalized spacial score (nSPS) is 19.4. The van der Waals surface area contributed by atoms with E-state index in [4.69, 9.17) is 4.42 Å². The van der Waals surface area contributed by atoms with E-state index in [0.29, 0.717) is 6.04 Å². The molecule has 1 fully saturated rings. The lowest BCUT2D eigenvalue weighted by atomic mass is 10.1. The fourth-order valence-corrected chi connectivity index (χ4v) is 2.14. The molecule has 2 heteroatoms. The number of rotatable bonds is 3. The fraction of sp³-hybridized carbons (Fsp3) is 0.667. The number of nitrogens with one attached hydrogen (secondary N) is 1. The third-order valence-electron chi connectivity index (χ3n) is 3.00. The van der Waals surface area contributed by atoms with Crippen LogP contribution in [0.3, 0.4) is 0 Å². The van der Waals surface area contributed by atoms with Crippen molar-refractivity contribution < 1.29 is 4.42 Å². The van der Waals surface area contributed by atoms with Crippen molar-refractivity contribution in [3.8, 4) is 0 Å². The summed E-state index contributed by atoms with van der Waals surface area (Å²) < 4.78 is 5.29. The van der Waals surface area contributed by atoms with Crippen LogP contribution in [0.1, 0.15) is 44.3 Å². The molecule has 1 aromatic heterocycles. The number of furan rings is 1. The van der Waals surface area contributed by atoms with Crippen molar-refractivity contribution in [1.82, 2.24) is 5.32 Å². The minimum atomic E-state index is 0.711. The van der Waals surface area contributed by atoms with Gasteiger partial charge in [-0.1, -0.05) is 25.7 Å². The molecule has 2 nitrogen and oxygen atoms in total. The third-order valence-corrected chi connectivity index (χ3v) is 3.00. The molecule has 78 valence electrons. The van der Waals surface area contributed by atoms with Gasteiger partial charge in [0.2, 0.25) is 0 Å². The van der Waals surface area contributed by atoms with E-state index >= 15 is 0 Å². The van der Waals surface area contributed by atoms with Crippen LogP contribution >= 0.6 is 0 Å². The first-order valence-corrected chi connectivity index (χ1v) is 5.71. The Morgan fingerprint density at radius 3 is 2.64 bits per heavy atom. The second-order valence-corrected chi connectivity index (χ2v) is 4.15. The Balaban J connectivity index is 1.73. The fourth-order valence-electron chi connectivity index (χ4n) is 2.14. The second kappa shape index (κ2) is 5.20. The van der Waals surface area contributed by atoms with E-state index < -0.39 is 0 Å². The van der Waals surface area contributed by atoms with Crippen LogP contribution in [0, 0.1) is 0 Å². The van der Waals surface area contributed by atoms with E-state index in [0.717, 1.165) is 12.3 Å². The van der Waals surface area contributed by atoms with Crippen molar-refractivity contribution in [1.29, 1.82) is 0 Å². The smallest absolute Gasteiger partial charge is 0.117 e. The first-order chi connectivity index (χ1) is 6.95. The van der Waals surface area contributed by atoms with Crippen LogP contribution in [0.15, 0.2) is 22.8 Å². The summed E-state index contributed by atoms with van der Waals surface area (Å²) in [4.78, 5) is 0. The van der Waals surface area contributed by atoms with Gasteiger partial charge < -0.3 is 9.73 Å². The summed E-state index contributed by atoms with van der Waals surface area (Å²) in [5.74, 6) is 1.05. The van der Waals surface area contributed by atoms with Gasteiger partial charge >= 0.3 is 0 Å². The van der Waals surface area contributed by atoms with Gasteiger partial charge in [0.15, 0.2) is 0 Å². The highest BCUT2D eigenvalue weighted by atomic mass is 16.3. The molecule has 0 aromatic carbocycles. The maximum Gasteiger partial charge on any atom is 0.117 e. The maximum absolute atomic E-state index is 5.29. The quantitative estimate of drug-likeness (QED) is 0.746. The molecule has 1 saturated carbocycles. The Labute approximate surface area is 85.7 Å². The van der Waals surface area contributed by atoms with Gasteiger partial charge in [-0.15, -0.1) is 0 Å². The molecule has 1 aliphatic carbocycles. The zero-order valence-corrected chi connectivity index (χ0v) is 8.67. The Morgan fingerprint density at radius 2 is 2.00 bits per heavy atom. The standard InChI is InChI=1S/C12H19NO/c1-2-4-7-11(6-3-1)13-10-12-8-5-9-14-12/h5,8-9,11,13H,1-4,6-7,10H2. The lowest BCUT2D eigenvalue weighted by molar-refractivity contribution is 0.416. The monoisotopic (exact) mass is 193 g/mol. The lowest BCUT2D eigenvalue weighted by Gasteiger charge is -2.14. The molecule has 0 saturated heterocycles. The zero-order chi connectivity index (χ0) is 9.64. The molecule has 2 rings (SSSR count). The van der Waals surface area contributed by atoms with Gasteiger partial charge in [-0.3, -0.25) is 0 Å². The topological polar surface area (TPSA) is 25.2 Å². The highest BCUT2D eigenvalue weighted by Crippen LogP contribution is 2.17. The van der Waals surface area contributed by atoms with Crippen molar-refractivity contribution in [3.63, 3.8) is 0 Å². The Bertz CT molecular complexity index is 235. The Morgan fingerprint density at radius 1 is 1.21 bits per heavy atom. The average Bonchev–Trinajstić information content (AvgIpc) is 2.58. The van der Waals surface area contributed by atoms with Gasteiger partial charge in [-0.05, 0) is 25.0 Å². The van der Waals surface area contributed by atoms with Crippen molar-refractivity contribution in [3.05, 3.63) is 24.2 Å². The summed E-state index contributed by atoms with van der Waals surface area (Å²) in [6, 6.07) is 4.69. The number of hydrogen-bond acceptors (Lipinski definition) is 2. The molecule has 0 bridgehead atoms. The minimum absolute atomic E-state index is 0.711. The average molecular weight is 193 g/mol. The van der Waals surface area contributed by atoms with Crippen LogP contribution in [-0.4, -0.2) is 6.04 Å². The van der Waals surface area contributed by atoms with Crippen molar-refractivity contribution in [2.45, 2.75) is 51.1 Å². The molecule has 0 aliphatic heterocycles. The zero-order valence-electron chi connectivity index (χ0n) is 8.67. The first kappa shape index (κ1) is 9.78. The van der Waals surface area contributed by atoms with Crippen molar-refractivity contribution >= 4 is 0 Å². The van der Waals surface area contributed by atoms with E-state index in [9.17, 15) is 0 Å². The van der Waals surface area contributed by atoms with Gasteiger partial charge in [0.05, 0.1) is 12.8 Å². The molecule has 0 unspecified atom stereocenters. The first-order valence-electron chi connectivity index (χ1n) is 5.71. The molecule has 0 spiro atoms. The lowest BCUT2D eigenvalue weighted by Crippen LogP contribution is -2.27. The molecule has 0 atom stereocenters. The number of hydrogen-bond donors (Lipinski definition) is 1. The van der Waals surface area contributed by atoms with E-state index in [1.54, 1.807) is 6.26 Å². The van der Waals surface area contributed by atoms with E-state index in [-0.39, 0.29) is 0 Å². The van der Waals surface area contributed by atoms with Crippen LogP contribution in [-0.2, 0) is 6.54 Å². The highest BCUT2D eigenvalue weighted by molar-refractivity contribution is 4.97. The summed E-state index contributed by atoms with van der Waals surface area (Å²) in [5, 5.41) is 3.57. The Hall–Kier alpha value is -0.760. The summed E-state index contributed by atoms with van der Waals surface area (Å²) in [6.07, 6.45) is 10.0. The largest absolute Gasteiger partial charge is 0.468 e. The molecule has 0 radical (unpaired) electrons. The van der Waals surface area contributed by atoms with Crippen LogP contribution < -0.4 is 5.32 Å². The predicted octanol–water partition coefficient (Wildman–Crippen LogP) is 3.09. The van der Waals surface area contributed by atoms with Gasteiger partial charge in [0.25, 0.3) is 0 Å². The molecule has 1 aromatic rings. The molecule has 14 heavy (non-hydrogen) atoms. The summed E-state index contributed by atoms with van der Waals surface area (Å²) in [6.45, 7) is 0.887. The van der Waals surface area contributed by atoms with E-state index in [1.165, 1.54) is 38.5 Å². The molecular formula is C12H19NO. The Kier molecular flexibility index (Phi) is 3.64. The van der Waals surface area contributed by atoms with Gasteiger partial charge in [-0.25, -0.2) is 0 Å². The van der Waals surface area contributed by atoms with Crippen molar-refractivity contribution in [2.75, 3.05) is 0 Å². The second-order valence-electron chi connectivity index (χ2n) is 4.15. The summed E-state index contributed by atoms with van der Waals surface area (Å²) >= 11 is 0.